The molecule has 1 aromatic heterocycles. The summed E-state index contributed by atoms with van der Waals surface area (Å²) in [4.78, 5) is 37.5. The molecular formula is C32H36O18. The molecule has 0 bridgehead atoms. The van der Waals surface area contributed by atoms with E-state index < -0.39 is 114 Å². The van der Waals surface area contributed by atoms with Crippen LogP contribution in [-0.2, 0) is 33.3 Å². The van der Waals surface area contributed by atoms with Crippen LogP contribution in [0.15, 0.2) is 39.5 Å². The topological polar surface area (TPSA) is 271 Å². The first kappa shape index (κ1) is 36.6. The van der Waals surface area contributed by atoms with E-state index in [2.05, 4.69) is 0 Å². The highest BCUT2D eigenvalue weighted by atomic mass is 16.7. The minimum Gasteiger partial charge on any atom is -0.508 e. The molecule has 3 heterocycles. The number of carbonyl (C=O) groups excluding carboxylic acids is 2. The molecule has 272 valence electrons. The minimum atomic E-state index is -1.99. The summed E-state index contributed by atoms with van der Waals surface area (Å²) in [6.45, 7) is 2.94. The van der Waals surface area contributed by atoms with E-state index in [1.165, 1.54) is 31.2 Å². The van der Waals surface area contributed by atoms with Crippen molar-refractivity contribution in [3.8, 4) is 40.1 Å². The zero-order chi connectivity index (χ0) is 36.6. The van der Waals surface area contributed by atoms with Gasteiger partial charge in [0.05, 0.1) is 19.8 Å². The van der Waals surface area contributed by atoms with Crippen LogP contribution in [0, 0.1) is 0 Å². The van der Waals surface area contributed by atoms with E-state index in [-0.39, 0.29) is 22.7 Å². The number of aliphatic hydroxyl groups excluding tert-OH is 4. The van der Waals surface area contributed by atoms with E-state index in [9.17, 15) is 50.1 Å². The number of aromatic hydroxyl groups is 3. The quantitative estimate of drug-likeness (QED) is 0.141. The second-order valence-corrected chi connectivity index (χ2v) is 11.6. The van der Waals surface area contributed by atoms with Gasteiger partial charge in [0.15, 0.2) is 35.8 Å². The van der Waals surface area contributed by atoms with Gasteiger partial charge in [-0.2, -0.15) is 0 Å². The van der Waals surface area contributed by atoms with Gasteiger partial charge in [-0.05, 0) is 31.2 Å². The average Bonchev–Trinajstić information content (AvgIpc) is 3.05. The van der Waals surface area contributed by atoms with Gasteiger partial charge in [-0.25, -0.2) is 0 Å². The van der Waals surface area contributed by atoms with Crippen LogP contribution in [0.4, 0.5) is 0 Å². The molecule has 2 saturated heterocycles. The number of fused-ring (bicyclic) bond motifs is 1. The average molecular weight is 709 g/mol. The molecular weight excluding hydrogens is 672 g/mol. The van der Waals surface area contributed by atoms with Gasteiger partial charge in [-0.1, -0.05) is 0 Å². The number of hydrogen-bond donors (Lipinski definition) is 7. The fourth-order valence-corrected chi connectivity index (χ4v) is 5.62. The molecule has 2 fully saturated rings. The van der Waals surface area contributed by atoms with Crippen LogP contribution in [0.3, 0.4) is 0 Å². The number of esters is 2. The minimum absolute atomic E-state index is 0.133. The van der Waals surface area contributed by atoms with Gasteiger partial charge in [0.2, 0.25) is 23.2 Å². The number of carbonyl (C=O) groups is 2. The number of phenols is 3. The van der Waals surface area contributed by atoms with Crippen LogP contribution in [0.1, 0.15) is 20.8 Å². The SMILES string of the molecule is COc1c(O)cc2oc(-c3ccc(O)cc3)c(OC3OC(COC4OC(C)C(O)C(OC(C)=O)C4OC(C)=O)C(O)C(O)C3O)c(=O)c2c1O. The van der Waals surface area contributed by atoms with E-state index >= 15 is 0 Å². The largest absolute Gasteiger partial charge is 0.508 e. The first-order chi connectivity index (χ1) is 23.6. The van der Waals surface area contributed by atoms with Crippen molar-refractivity contribution in [3.63, 3.8) is 0 Å². The normalized spacial score (nSPS) is 29.7. The lowest BCUT2D eigenvalue weighted by molar-refractivity contribution is -0.320. The van der Waals surface area contributed by atoms with Gasteiger partial charge in [-0.3, -0.25) is 14.4 Å². The zero-order valence-electron chi connectivity index (χ0n) is 27.0. The highest BCUT2D eigenvalue weighted by Gasteiger charge is 2.50. The molecule has 0 radical (unpaired) electrons. The monoisotopic (exact) mass is 708 g/mol. The predicted octanol–water partition coefficient (Wildman–Crippen LogP) is -0.243. The van der Waals surface area contributed by atoms with Crippen molar-refractivity contribution in [2.75, 3.05) is 13.7 Å². The molecule has 2 aromatic carbocycles. The van der Waals surface area contributed by atoms with Crippen LogP contribution in [-0.4, -0.2) is 123 Å². The number of ether oxygens (including phenoxy) is 7. The summed E-state index contributed by atoms with van der Waals surface area (Å²) in [5.74, 6) is -4.53. The highest BCUT2D eigenvalue weighted by Crippen LogP contribution is 2.44. The third-order valence-corrected chi connectivity index (χ3v) is 8.07. The van der Waals surface area contributed by atoms with Crippen molar-refractivity contribution >= 4 is 22.9 Å². The second-order valence-electron chi connectivity index (χ2n) is 11.6. The van der Waals surface area contributed by atoms with Crippen LogP contribution in [0.5, 0.6) is 28.7 Å². The molecule has 10 atom stereocenters. The van der Waals surface area contributed by atoms with Crippen LogP contribution in [0.25, 0.3) is 22.3 Å². The lowest BCUT2D eigenvalue weighted by Gasteiger charge is -2.43. The molecule has 50 heavy (non-hydrogen) atoms. The Balaban J connectivity index is 1.48. The standard InChI is InChI=1S/C32H36O18/c1-11-20(37)28(46-12(2)33)30(47-13(3)34)32(45-11)44-10-18-21(38)24(41)25(42)31(49-18)50-29-23(40)19-17(9-16(36)27(43-4)22(19)39)48-26(29)14-5-7-15(35)8-6-14/h5-9,11,18,20-21,24-25,28,30-32,35-39,41-42H,10H2,1-4H3. The highest BCUT2D eigenvalue weighted by molar-refractivity contribution is 5.91. The first-order valence-corrected chi connectivity index (χ1v) is 15.2. The number of aliphatic hydroxyl groups is 4. The molecule has 2 aliphatic rings. The van der Waals surface area contributed by atoms with Crippen LogP contribution >= 0.6 is 0 Å². The van der Waals surface area contributed by atoms with Gasteiger partial charge >= 0.3 is 11.9 Å². The van der Waals surface area contributed by atoms with Gasteiger partial charge in [0.1, 0.15) is 47.2 Å². The number of phenolic OH excluding ortho intramolecular Hbond substituents is 3. The zero-order valence-corrected chi connectivity index (χ0v) is 27.0. The molecule has 2 aliphatic heterocycles. The van der Waals surface area contributed by atoms with Crippen LogP contribution in [0.2, 0.25) is 0 Å². The van der Waals surface area contributed by atoms with Gasteiger partial charge in [-0.15, -0.1) is 0 Å². The van der Waals surface area contributed by atoms with Crippen molar-refractivity contribution in [1.82, 2.24) is 0 Å². The number of hydrogen-bond acceptors (Lipinski definition) is 18. The molecule has 0 aliphatic carbocycles. The summed E-state index contributed by atoms with van der Waals surface area (Å²) in [6, 6.07) is 6.27. The summed E-state index contributed by atoms with van der Waals surface area (Å²) in [6.07, 6.45) is -16.0. The summed E-state index contributed by atoms with van der Waals surface area (Å²) >= 11 is 0. The van der Waals surface area contributed by atoms with E-state index in [1.807, 2.05) is 0 Å². The maximum absolute atomic E-state index is 13.9. The number of methoxy groups -OCH3 is 1. The van der Waals surface area contributed by atoms with Crippen LogP contribution < -0.4 is 14.9 Å². The van der Waals surface area contributed by atoms with Crippen molar-refractivity contribution in [3.05, 3.63) is 40.6 Å². The van der Waals surface area contributed by atoms with E-state index in [4.69, 9.17) is 37.6 Å². The molecule has 0 saturated carbocycles. The van der Waals surface area contributed by atoms with Crippen molar-refractivity contribution in [2.24, 2.45) is 0 Å². The maximum Gasteiger partial charge on any atom is 0.303 e. The third-order valence-electron chi connectivity index (χ3n) is 8.07. The lowest BCUT2D eigenvalue weighted by atomic mass is 9.98. The summed E-state index contributed by atoms with van der Waals surface area (Å²) in [7, 11) is 1.14. The Morgan fingerprint density at radius 3 is 2.08 bits per heavy atom. The van der Waals surface area contributed by atoms with Gasteiger partial charge in [0.25, 0.3) is 0 Å². The molecule has 5 rings (SSSR count). The van der Waals surface area contributed by atoms with E-state index in [0.717, 1.165) is 27.0 Å². The molecule has 7 N–H and O–H groups in total. The van der Waals surface area contributed by atoms with Gasteiger partial charge < -0.3 is 73.3 Å². The summed E-state index contributed by atoms with van der Waals surface area (Å²) in [5.41, 5.74) is -1.17. The second kappa shape index (κ2) is 14.7. The summed E-state index contributed by atoms with van der Waals surface area (Å²) < 4.78 is 44.2. The Kier molecular flexibility index (Phi) is 10.7. The number of benzene rings is 2. The molecule has 10 unspecified atom stereocenters. The molecule has 0 amide bonds. The fraction of sp³-hybridized carbons (Fsp3) is 0.469. The van der Waals surface area contributed by atoms with E-state index in [0.29, 0.717) is 0 Å². The number of rotatable bonds is 9. The van der Waals surface area contributed by atoms with Crippen molar-refractivity contribution in [1.29, 1.82) is 0 Å². The Bertz CT molecular complexity index is 1770. The van der Waals surface area contributed by atoms with Gasteiger partial charge in [0, 0.05) is 25.5 Å². The third kappa shape index (κ3) is 7.13. The molecule has 18 nitrogen and oxygen atoms in total. The first-order valence-electron chi connectivity index (χ1n) is 15.2. The molecule has 18 heteroatoms. The van der Waals surface area contributed by atoms with E-state index in [1.54, 1.807) is 0 Å². The van der Waals surface area contributed by atoms with Crippen molar-refractivity contribution < 1.29 is 82.9 Å². The smallest absolute Gasteiger partial charge is 0.303 e. The lowest BCUT2D eigenvalue weighted by Crippen LogP contribution is -2.62. The van der Waals surface area contributed by atoms with Crippen molar-refractivity contribution in [2.45, 2.75) is 82.2 Å². The Morgan fingerprint density at radius 1 is 0.820 bits per heavy atom. The fourth-order valence-electron chi connectivity index (χ4n) is 5.62. The maximum atomic E-state index is 13.9. The molecule has 3 aromatic rings. The Hall–Kier alpha value is -4.69. The molecule has 0 spiro atoms. The summed E-state index contributed by atoms with van der Waals surface area (Å²) in [5, 5.41) is 73.4. The predicted molar refractivity (Wildman–Crippen MR) is 164 cm³/mol. The Morgan fingerprint density at radius 2 is 1.46 bits per heavy atom. The Labute approximate surface area is 282 Å².